The van der Waals surface area contributed by atoms with Crippen molar-refractivity contribution in [2.24, 2.45) is 0 Å². The summed E-state index contributed by atoms with van der Waals surface area (Å²) >= 11 is 3.30. The molecule has 0 radical (unpaired) electrons. The molecular formula is C20H19BrFNO3. The quantitative estimate of drug-likeness (QED) is 0.673. The summed E-state index contributed by atoms with van der Waals surface area (Å²) in [6.07, 6.45) is 2.88. The summed E-state index contributed by atoms with van der Waals surface area (Å²) in [5.74, 6) is 0.820. The van der Waals surface area contributed by atoms with E-state index in [1.807, 2.05) is 25.1 Å². The number of nitrogens with zero attached hydrogens (tertiary/aromatic N) is 1. The Morgan fingerprint density at radius 3 is 2.88 bits per heavy atom. The van der Waals surface area contributed by atoms with E-state index in [1.54, 1.807) is 17.0 Å². The summed E-state index contributed by atoms with van der Waals surface area (Å²) in [5.41, 5.74) is 1.25. The van der Waals surface area contributed by atoms with E-state index in [9.17, 15) is 9.18 Å². The average Bonchev–Trinajstić information content (AvgIpc) is 2.66. The molecule has 0 aliphatic carbocycles. The monoisotopic (exact) mass is 419 g/mol. The lowest BCUT2D eigenvalue weighted by Crippen LogP contribution is -2.29. The Hall–Kier alpha value is -2.34. The van der Waals surface area contributed by atoms with E-state index in [1.165, 1.54) is 18.2 Å². The first-order valence-electron chi connectivity index (χ1n) is 8.38. The second-order valence-electron chi connectivity index (χ2n) is 5.79. The molecule has 0 saturated heterocycles. The lowest BCUT2D eigenvalue weighted by Gasteiger charge is -2.24. The van der Waals surface area contributed by atoms with Gasteiger partial charge >= 0.3 is 0 Å². The topological polar surface area (TPSA) is 38.8 Å². The molecule has 0 N–H and O–H groups in total. The SMILES string of the molecule is CCN(Cc1cccc2c1OCCO2)C(=O)/C=C/c1cc(Br)ccc1F. The van der Waals surface area contributed by atoms with E-state index in [0.29, 0.717) is 43.4 Å². The standard InChI is InChI=1S/C20H19BrFNO3/c1-2-23(13-15-4-3-5-18-20(15)26-11-10-25-18)19(24)9-6-14-12-16(21)7-8-17(14)22/h3-9,12H,2,10-11,13H2,1H3/b9-6+. The molecular weight excluding hydrogens is 401 g/mol. The number of ether oxygens (including phenoxy) is 2. The lowest BCUT2D eigenvalue weighted by atomic mass is 10.1. The first-order valence-corrected chi connectivity index (χ1v) is 9.17. The van der Waals surface area contributed by atoms with Crippen LogP contribution in [0.4, 0.5) is 4.39 Å². The second-order valence-corrected chi connectivity index (χ2v) is 6.71. The third-order valence-corrected chi connectivity index (χ3v) is 4.56. The highest BCUT2D eigenvalue weighted by Gasteiger charge is 2.18. The van der Waals surface area contributed by atoms with Crippen LogP contribution in [0.3, 0.4) is 0 Å². The number of hydrogen-bond donors (Lipinski definition) is 0. The molecule has 0 atom stereocenters. The third-order valence-electron chi connectivity index (χ3n) is 4.07. The van der Waals surface area contributed by atoms with Crippen LogP contribution in [-0.2, 0) is 11.3 Å². The van der Waals surface area contributed by atoms with E-state index < -0.39 is 0 Å². The van der Waals surface area contributed by atoms with Gasteiger partial charge in [0.1, 0.15) is 19.0 Å². The minimum Gasteiger partial charge on any atom is -0.486 e. The van der Waals surface area contributed by atoms with Crippen molar-refractivity contribution in [3.8, 4) is 11.5 Å². The summed E-state index contributed by atoms with van der Waals surface area (Å²) in [4.78, 5) is 14.2. The minimum atomic E-state index is -0.372. The summed E-state index contributed by atoms with van der Waals surface area (Å²) in [6, 6.07) is 10.3. The van der Waals surface area contributed by atoms with Crippen LogP contribution in [0.25, 0.3) is 6.08 Å². The molecule has 1 aliphatic rings. The molecule has 1 heterocycles. The fourth-order valence-electron chi connectivity index (χ4n) is 2.72. The molecule has 6 heteroatoms. The molecule has 2 aromatic rings. The molecule has 26 heavy (non-hydrogen) atoms. The van der Waals surface area contributed by atoms with Crippen molar-refractivity contribution in [2.45, 2.75) is 13.5 Å². The molecule has 136 valence electrons. The zero-order chi connectivity index (χ0) is 18.5. The number of hydrogen-bond acceptors (Lipinski definition) is 3. The normalized spacial score (nSPS) is 13.0. The largest absolute Gasteiger partial charge is 0.486 e. The van der Waals surface area contributed by atoms with Crippen molar-refractivity contribution >= 4 is 27.9 Å². The lowest BCUT2D eigenvalue weighted by molar-refractivity contribution is -0.126. The zero-order valence-corrected chi connectivity index (χ0v) is 16.0. The number of carbonyl (C=O) groups excluding carboxylic acids is 1. The van der Waals surface area contributed by atoms with Gasteiger partial charge in [-0.1, -0.05) is 28.1 Å². The summed E-state index contributed by atoms with van der Waals surface area (Å²) < 4.78 is 25.9. The fraction of sp³-hybridized carbons (Fsp3) is 0.250. The molecule has 0 aromatic heterocycles. The van der Waals surface area contributed by atoms with E-state index >= 15 is 0 Å². The van der Waals surface area contributed by atoms with Crippen molar-refractivity contribution in [3.63, 3.8) is 0 Å². The van der Waals surface area contributed by atoms with Gasteiger partial charge in [-0.3, -0.25) is 4.79 Å². The number of rotatable bonds is 5. The number of fused-ring (bicyclic) bond motifs is 1. The van der Waals surface area contributed by atoms with Crippen LogP contribution in [0.1, 0.15) is 18.1 Å². The van der Waals surface area contributed by atoms with Crippen LogP contribution in [0.2, 0.25) is 0 Å². The van der Waals surface area contributed by atoms with Crippen molar-refractivity contribution in [1.29, 1.82) is 0 Å². The predicted octanol–water partition coefficient (Wildman–Crippen LogP) is 4.42. The first-order chi connectivity index (χ1) is 12.6. The molecule has 0 bridgehead atoms. The van der Waals surface area contributed by atoms with E-state index in [4.69, 9.17) is 9.47 Å². The Bertz CT molecular complexity index is 838. The maximum Gasteiger partial charge on any atom is 0.246 e. The molecule has 1 amide bonds. The van der Waals surface area contributed by atoms with Crippen LogP contribution in [-0.4, -0.2) is 30.6 Å². The smallest absolute Gasteiger partial charge is 0.246 e. The Labute approximate surface area is 160 Å². The van der Waals surface area contributed by atoms with Crippen molar-refractivity contribution in [2.75, 3.05) is 19.8 Å². The Balaban J connectivity index is 1.76. The number of amides is 1. The molecule has 0 saturated carbocycles. The van der Waals surface area contributed by atoms with Crippen LogP contribution < -0.4 is 9.47 Å². The maximum atomic E-state index is 13.8. The number of para-hydroxylation sites is 1. The highest BCUT2D eigenvalue weighted by molar-refractivity contribution is 9.10. The van der Waals surface area contributed by atoms with Gasteiger partial charge in [0, 0.05) is 34.8 Å². The van der Waals surface area contributed by atoms with E-state index in [0.717, 1.165) is 10.0 Å². The number of likely N-dealkylation sites (N-methyl/N-ethyl adjacent to an activating group) is 1. The third kappa shape index (κ3) is 4.25. The van der Waals surface area contributed by atoms with Gasteiger partial charge in [0.15, 0.2) is 11.5 Å². The number of benzene rings is 2. The Morgan fingerprint density at radius 1 is 1.27 bits per heavy atom. The Morgan fingerprint density at radius 2 is 2.08 bits per heavy atom. The van der Waals surface area contributed by atoms with Crippen molar-refractivity contribution < 1.29 is 18.7 Å². The van der Waals surface area contributed by atoms with Crippen molar-refractivity contribution in [1.82, 2.24) is 4.90 Å². The van der Waals surface area contributed by atoms with Gasteiger partial charge in [-0.15, -0.1) is 0 Å². The van der Waals surface area contributed by atoms with E-state index in [-0.39, 0.29) is 11.7 Å². The van der Waals surface area contributed by atoms with Gasteiger partial charge in [-0.2, -0.15) is 0 Å². The minimum absolute atomic E-state index is 0.193. The van der Waals surface area contributed by atoms with Gasteiger partial charge < -0.3 is 14.4 Å². The van der Waals surface area contributed by atoms with Crippen LogP contribution in [0.5, 0.6) is 11.5 Å². The summed E-state index contributed by atoms with van der Waals surface area (Å²) in [6.45, 7) is 3.83. The molecule has 4 nitrogen and oxygen atoms in total. The summed E-state index contributed by atoms with van der Waals surface area (Å²) in [5, 5.41) is 0. The predicted molar refractivity (Wildman–Crippen MR) is 102 cm³/mol. The number of halogens is 2. The van der Waals surface area contributed by atoms with Crippen LogP contribution >= 0.6 is 15.9 Å². The first kappa shape index (κ1) is 18.5. The molecule has 1 aliphatic heterocycles. The zero-order valence-electron chi connectivity index (χ0n) is 14.4. The van der Waals surface area contributed by atoms with Crippen LogP contribution in [0.15, 0.2) is 46.9 Å². The molecule has 3 rings (SSSR count). The molecule has 0 spiro atoms. The molecule has 0 unspecified atom stereocenters. The van der Waals surface area contributed by atoms with Gasteiger partial charge in [-0.05, 0) is 37.3 Å². The van der Waals surface area contributed by atoms with Crippen molar-refractivity contribution in [3.05, 3.63) is 63.9 Å². The fourth-order valence-corrected chi connectivity index (χ4v) is 3.10. The second kappa shape index (κ2) is 8.36. The molecule has 0 fully saturated rings. The highest BCUT2D eigenvalue weighted by Crippen LogP contribution is 2.34. The molecule has 2 aromatic carbocycles. The highest BCUT2D eigenvalue weighted by atomic mass is 79.9. The number of carbonyl (C=O) groups is 1. The van der Waals surface area contributed by atoms with E-state index in [2.05, 4.69) is 15.9 Å². The Kier molecular flexibility index (Phi) is 5.93. The van der Waals surface area contributed by atoms with Gasteiger partial charge in [0.25, 0.3) is 0 Å². The maximum absolute atomic E-state index is 13.8. The summed E-state index contributed by atoms with van der Waals surface area (Å²) in [7, 11) is 0. The van der Waals surface area contributed by atoms with Gasteiger partial charge in [-0.25, -0.2) is 4.39 Å². The van der Waals surface area contributed by atoms with Gasteiger partial charge in [0.05, 0.1) is 0 Å². The van der Waals surface area contributed by atoms with Crippen LogP contribution in [0, 0.1) is 5.82 Å². The average molecular weight is 420 g/mol. The van der Waals surface area contributed by atoms with Gasteiger partial charge in [0.2, 0.25) is 5.91 Å².